The maximum atomic E-state index is 10.5. The van der Waals surface area contributed by atoms with Gasteiger partial charge in [0.1, 0.15) is 0 Å². The number of rotatable bonds is 1. The van der Waals surface area contributed by atoms with Gasteiger partial charge in [0.05, 0.1) is 0 Å². The topological polar surface area (TPSA) is 92.8 Å². The number of primary amides is 1. The summed E-state index contributed by atoms with van der Waals surface area (Å²) in [6.07, 6.45) is 1.29. The largest absolute Gasteiger partial charge is 0.474 e. The fourth-order valence-corrected chi connectivity index (χ4v) is 1.72. The molecule has 0 saturated carbocycles. The summed E-state index contributed by atoms with van der Waals surface area (Å²) in [5.74, 6) is -0.761. The summed E-state index contributed by atoms with van der Waals surface area (Å²) in [4.78, 5) is 24.5. The van der Waals surface area contributed by atoms with Crippen molar-refractivity contribution < 1.29 is 14.7 Å². The van der Waals surface area contributed by atoms with Crippen molar-refractivity contribution in [1.29, 1.82) is 0 Å². The van der Waals surface area contributed by atoms with Gasteiger partial charge in [0.25, 0.3) is 5.91 Å². The molecule has 1 rings (SSSR count). The normalized spacial score (nSPS) is 24.7. The zero-order valence-electron chi connectivity index (χ0n) is 5.39. The average molecular weight is 174 g/mol. The minimum absolute atomic E-state index is 0.0486. The van der Waals surface area contributed by atoms with Gasteiger partial charge in [-0.1, -0.05) is 10.9 Å². The monoisotopic (exact) mass is 174 g/mol. The number of aliphatic imine (C=N–C) groups is 1. The van der Waals surface area contributed by atoms with E-state index in [2.05, 4.69) is 4.99 Å². The summed E-state index contributed by atoms with van der Waals surface area (Å²) in [5.41, 5.74) is 4.87. The summed E-state index contributed by atoms with van der Waals surface area (Å²) >= 11 is 0. The van der Waals surface area contributed by atoms with Crippen LogP contribution in [0.4, 0.5) is 4.79 Å². The molecule has 1 aliphatic rings. The Morgan fingerprint density at radius 3 is 2.64 bits per heavy atom. The number of hydrogen-bond acceptors (Lipinski definition) is 3. The Hall–Kier alpha value is -1.30. The number of carbonyl (C=O) groups excluding carboxylic acids is 1. The third-order valence-corrected chi connectivity index (χ3v) is 2.70. The number of amides is 1. The van der Waals surface area contributed by atoms with E-state index in [-0.39, 0.29) is 5.04 Å². The second kappa shape index (κ2) is 2.75. The average Bonchev–Trinajstić information content (AvgIpc) is 2.32. The van der Waals surface area contributed by atoms with Gasteiger partial charge in [0, 0.05) is 6.20 Å². The molecule has 0 aromatic heterocycles. The van der Waals surface area contributed by atoms with E-state index < -0.39 is 22.1 Å². The van der Waals surface area contributed by atoms with Crippen molar-refractivity contribution in [2.45, 2.75) is 0 Å². The van der Waals surface area contributed by atoms with Crippen LogP contribution < -0.4 is 5.73 Å². The summed E-state index contributed by atoms with van der Waals surface area (Å²) < 4.78 is 0. The van der Waals surface area contributed by atoms with Crippen LogP contribution in [-0.4, -0.2) is 21.4 Å². The van der Waals surface area contributed by atoms with Gasteiger partial charge in [-0.05, 0) is 5.41 Å². The second-order valence-electron chi connectivity index (χ2n) is 1.77. The number of carboxylic acid groups (broad SMARTS) is 1. The van der Waals surface area contributed by atoms with Gasteiger partial charge >= 0.3 is 5.30 Å². The maximum Gasteiger partial charge on any atom is 0.353 e. The molecule has 0 aromatic carbocycles. The first-order valence-electron chi connectivity index (χ1n) is 2.69. The van der Waals surface area contributed by atoms with Crippen molar-refractivity contribution in [3.63, 3.8) is 0 Å². The molecule has 1 aliphatic heterocycles. The van der Waals surface area contributed by atoms with E-state index >= 15 is 0 Å². The Balaban J connectivity index is 2.85. The van der Waals surface area contributed by atoms with Gasteiger partial charge in [0.15, 0.2) is 5.04 Å². The maximum absolute atomic E-state index is 10.5. The van der Waals surface area contributed by atoms with Crippen molar-refractivity contribution >= 4 is 27.1 Å². The van der Waals surface area contributed by atoms with Gasteiger partial charge < -0.3 is 10.8 Å². The zero-order chi connectivity index (χ0) is 8.43. The van der Waals surface area contributed by atoms with Gasteiger partial charge in [-0.15, -0.1) is 0 Å². The van der Waals surface area contributed by atoms with E-state index in [0.717, 1.165) is 0 Å². The molecule has 60 valence electrons. The van der Waals surface area contributed by atoms with Crippen LogP contribution in [0.5, 0.6) is 0 Å². The highest BCUT2D eigenvalue weighted by atomic mass is 32.2. The van der Waals surface area contributed by atoms with E-state index in [0.29, 0.717) is 0 Å². The van der Waals surface area contributed by atoms with Gasteiger partial charge in [-0.2, -0.15) is 0 Å². The molecule has 1 heterocycles. The Labute approximate surface area is 64.9 Å². The van der Waals surface area contributed by atoms with Crippen molar-refractivity contribution in [2.75, 3.05) is 0 Å². The molecule has 3 N–H and O–H groups in total. The smallest absolute Gasteiger partial charge is 0.353 e. The molecular formula is C5H6N2O3S. The lowest BCUT2D eigenvalue weighted by atomic mass is 10.7. The first kappa shape index (κ1) is 7.80. The minimum atomic E-state index is -1.60. The highest BCUT2D eigenvalue weighted by Crippen LogP contribution is 2.33. The third kappa shape index (κ3) is 1.40. The molecular weight excluding hydrogens is 168 g/mol. The van der Waals surface area contributed by atoms with Crippen LogP contribution in [0.1, 0.15) is 0 Å². The minimum Gasteiger partial charge on any atom is -0.474 e. The summed E-state index contributed by atoms with van der Waals surface area (Å²) in [7, 11) is -1.60. The van der Waals surface area contributed by atoms with Crippen molar-refractivity contribution in [1.82, 2.24) is 0 Å². The van der Waals surface area contributed by atoms with E-state index in [9.17, 15) is 9.59 Å². The molecule has 0 spiro atoms. The van der Waals surface area contributed by atoms with Crippen LogP contribution in [0.15, 0.2) is 16.6 Å². The molecule has 11 heavy (non-hydrogen) atoms. The quantitative estimate of drug-likeness (QED) is 0.490. The molecule has 0 aliphatic carbocycles. The second-order valence-corrected chi connectivity index (χ2v) is 3.61. The Morgan fingerprint density at radius 1 is 1.64 bits per heavy atom. The molecule has 1 atom stereocenters. The van der Waals surface area contributed by atoms with Gasteiger partial charge in [-0.3, -0.25) is 4.79 Å². The zero-order valence-corrected chi connectivity index (χ0v) is 6.28. The fraction of sp³-hybridized carbons (Fsp3) is 0. The predicted octanol–water partition coefficient (Wildman–Crippen LogP) is 0.0342. The van der Waals surface area contributed by atoms with E-state index in [1.807, 2.05) is 0 Å². The predicted molar refractivity (Wildman–Crippen MR) is 42.8 cm³/mol. The summed E-state index contributed by atoms with van der Waals surface area (Å²) in [6, 6.07) is 0. The molecule has 0 radical (unpaired) electrons. The van der Waals surface area contributed by atoms with E-state index in [1.54, 1.807) is 0 Å². The van der Waals surface area contributed by atoms with Gasteiger partial charge in [-0.25, -0.2) is 9.79 Å². The number of hydrogen-bond donors (Lipinski definition) is 3. The highest BCUT2D eigenvalue weighted by Gasteiger charge is 2.23. The molecule has 0 fully saturated rings. The lowest BCUT2D eigenvalue weighted by molar-refractivity contribution is -0.111. The Morgan fingerprint density at radius 2 is 2.27 bits per heavy atom. The first-order chi connectivity index (χ1) is 5.13. The van der Waals surface area contributed by atoms with Gasteiger partial charge in [0.2, 0.25) is 0 Å². The number of nitrogens with zero attached hydrogens (tertiary/aromatic N) is 1. The number of carbonyl (C=O) groups is 2. The summed E-state index contributed by atoms with van der Waals surface area (Å²) in [6.45, 7) is 0. The fourth-order valence-electron chi connectivity index (χ4n) is 0.640. The molecule has 0 saturated heterocycles. The molecule has 0 bridgehead atoms. The Bertz CT molecular complexity index is 271. The first-order valence-corrected chi connectivity index (χ1v) is 4.10. The van der Waals surface area contributed by atoms with Crippen LogP contribution in [0, 0.1) is 0 Å². The lowest BCUT2D eigenvalue weighted by Crippen LogP contribution is -2.23. The van der Waals surface area contributed by atoms with E-state index in [4.69, 9.17) is 10.8 Å². The standard InChI is InChI=1S/C5H6N2O3S/c6-3(8)4-7-1-2-11(4)5(9)10/h1-2,11H,(H2,6,8)(H,9,10). The Kier molecular flexibility index (Phi) is 1.95. The van der Waals surface area contributed by atoms with E-state index in [1.165, 1.54) is 11.6 Å². The lowest BCUT2D eigenvalue weighted by Gasteiger charge is -2.05. The van der Waals surface area contributed by atoms with Crippen LogP contribution in [0.25, 0.3) is 0 Å². The number of thiol groups is 1. The molecule has 6 heteroatoms. The summed E-state index contributed by atoms with van der Waals surface area (Å²) in [5, 5.41) is 8.80. The molecule has 1 unspecified atom stereocenters. The van der Waals surface area contributed by atoms with Crippen LogP contribution >= 0.6 is 10.9 Å². The molecule has 1 amide bonds. The highest BCUT2D eigenvalue weighted by molar-refractivity contribution is 8.44. The van der Waals surface area contributed by atoms with Crippen LogP contribution in [0.2, 0.25) is 0 Å². The van der Waals surface area contributed by atoms with Crippen LogP contribution in [0.3, 0.4) is 0 Å². The number of nitrogens with two attached hydrogens (primary N) is 1. The third-order valence-electron chi connectivity index (χ3n) is 1.07. The van der Waals surface area contributed by atoms with Crippen molar-refractivity contribution in [3.05, 3.63) is 11.6 Å². The van der Waals surface area contributed by atoms with Crippen molar-refractivity contribution in [2.24, 2.45) is 10.7 Å². The molecule has 5 nitrogen and oxygen atoms in total. The van der Waals surface area contributed by atoms with Crippen LogP contribution in [-0.2, 0) is 4.79 Å². The SMILES string of the molecule is NC(=O)C1=NC=C[SH]1C(=O)O. The molecule has 0 aromatic rings. The van der Waals surface area contributed by atoms with Crippen molar-refractivity contribution in [3.8, 4) is 0 Å².